The first kappa shape index (κ1) is 12.1. The van der Waals surface area contributed by atoms with Crippen LogP contribution in [0, 0.1) is 0 Å². The van der Waals surface area contributed by atoms with Crippen molar-refractivity contribution < 1.29 is 0 Å². The molecule has 0 saturated heterocycles. The van der Waals surface area contributed by atoms with E-state index in [1.54, 1.807) is 10.4 Å². The summed E-state index contributed by atoms with van der Waals surface area (Å²) in [6.07, 6.45) is 3.98. The molecule has 0 saturated carbocycles. The fraction of sp³-hybridized carbons (Fsp3) is 0.692. The van der Waals surface area contributed by atoms with Gasteiger partial charge >= 0.3 is 0 Å². The van der Waals surface area contributed by atoms with E-state index in [0.29, 0.717) is 6.04 Å². The predicted molar refractivity (Wildman–Crippen MR) is 71.2 cm³/mol. The lowest BCUT2D eigenvalue weighted by Crippen LogP contribution is -2.35. The van der Waals surface area contributed by atoms with E-state index < -0.39 is 0 Å². The minimum absolute atomic E-state index is 0.553. The highest BCUT2D eigenvalue weighted by Gasteiger charge is 2.14. The maximum atomic E-state index is 3.57. The fourth-order valence-electron chi connectivity index (χ4n) is 2.19. The third-order valence-corrected chi connectivity index (χ3v) is 4.36. The minimum Gasteiger partial charge on any atom is -0.315 e. The van der Waals surface area contributed by atoms with Gasteiger partial charge in [-0.3, -0.25) is 0 Å². The van der Waals surface area contributed by atoms with Crippen molar-refractivity contribution in [2.75, 3.05) is 13.1 Å². The molecule has 90 valence electrons. The zero-order valence-corrected chi connectivity index (χ0v) is 11.1. The van der Waals surface area contributed by atoms with E-state index in [0.717, 1.165) is 19.6 Å². The third kappa shape index (κ3) is 3.06. The van der Waals surface area contributed by atoms with Crippen LogP contribution in [0.25, 0.3) is 0 Å². The normalized spacial score (nSPS) is 16.4. The average Bonchev–Trinajstić information content (AvgIpc) is 2.83. The Bertz CT molecular complexity index is 311. The molecule has 2 rings (SSSR count). The molecule has 0 radical (unpaired) electrons. The van der Waals surface area contributed by atoms with Gasteiger partial charge in [-0.05, 0) is 44.4 Å². The van der Waals surface area contributed by atoms with Crippen molar-refractivity contribution in [3.8, 4) is 0 Å². The number of aryl methyl sites for hydroxylation is 2. The summed E-state index contributed by atoms with van der Waals surface area (Å²) in [5, 5.41) is 6.93. The van der Waals surface area contributed by atoms with E-state index in [4.69, 9.17) is 0 Å². The topological polar surface area (TPSA) is 24.1 Å². The standard InChI is InChI=1S/C13H22N2S/c1-3-14-8-10(2)15-9-12-7-11-5-4-6-13(11)16-12/h7,10,14-15H,3-6,8-9H2,1-2H3. The first-order chi connectivity index (χ1) is 7.79. The summed E-state index contributed by atoms with van der Waals surface area (Å²) >= 11 is 2.00. The van der Waals surface area contributed by atoms with Gasteiger partial charge in [-0.15, -0.1) is 11.3 Å². The molecular formula is C13H22N2S. The Morgan fingerprint density at radius 2 is 2.31 bits per heavy atom. The molecular weight excluding hydrogens is 216 g/mol. The molecule has 2 N–H and O–H groups in total. The maximum Gasteiger partial charge on any atom is 0.0302 e. The van der Waals surface area contributed by atoms with Crippen molar-refractivity contribution in [3.05, 3.63) is 21.4 Å². The predicted octanol–water partition coefficient (Wildman–Crippen LogP) is 2.32. The zero-order chi connectivity index (χ0) is 11.4. The van der Waals surface area contributed by atoms with Crippen LogP contribution in [0.4, 0.5) is 0 Å². The number of thiophene rings is 1. The lowest BCUT2D eigenvalue weighted by molar-refractivity contribution is 0.511. The summed E-state index contributed by atoms with van der Waals surface area (Å²) in [6, 6.07) is 2.96. The summed E-state index contributed by atoms with van der Waals surface area (Å²) in [5.41, 5.74) is 1.61. The first-order valence-corrected chi connectivity index (χ1v) is 7.15. The quantitative estimate of drug-likeness (QED) is 0.795. The van der Waals surface area contributed by atoms with Crippen molar-refractivity contribution in [1.82, 2.24) is 10.6 Å². The average molecular weight is 238 g/mol. The molecule has 0 bridgehead atoms. The van der Waals surface area contributed by atoms with Gasteiger partial charge in [0, 0.05) is 28.9 Å². The molecule has 1 aromatic heterocycles. The van der Waals surface area contributed by atoms with Crippen LogP contribution in [0.15, 0.2) is 6.07 Å². The molecule has 1 aliphatic rings. The summed E-state index contributed by atoms with van der Waals surface area (Å²) < 4.78 is 0. The van der Waals surface area contributed by atoms with Gasteiger partial charge < -0.3 is 10.6 Å². The molecule has 0 aromatic carbocycles. The van der Waals surface area contributed by atoms with Crippen LogP contribution in [-0.2, 0) is 19.4 Å². The van der Waals surface area contributed by atoms with E-state index in [2.05, 4.69) is 30.5 Å². The Kier molecular flexibility index (Phi) is 4.38. The van der Waals surface area contributed by atoms with E-state index >= 15 is 0 Å². The molecule has 1 aromatic rings. The van der Waals surface area contributed by atoms with Gasteiger partial charge in [0.2, 0.25) is 0 Å². The number of hydrogen-bond acceptors (Lipinski definition) is 3. The Hall–Kier alpha value is -0.380. The van der Waals surface area contributed by atoms with Gasteiger partial charge in [-0.2, -0.15) is 0 Å². The van der Waals surface area contributed by atoms with Gasteiger partial charge in [0.15, 0.2) is 0 Å². The molecule has 0 aliphatic heterocycles. The van der Waals surface area contributed by atoms with Crippen molar-refractivity contribution in [2.24, 2.45) is 0 Å². The monoisotopic (exact) mass is 238 g/mol. The molecule has 1 aliphatic carbocycles. The molecule has 3 heteroatoms. The number of fused-ring (bicyclic) bond motifs is 1. The molecule has 1 heterocycles. The minimum atomic E-state index is 0.553. The fourth-order valence-corrected chi connectivity index (χ4v) is 3.40. The number of likely N-dealkylation sites (N-methyl/N-ethyl adjacent to an activating group) is 1. The van der Waals surface area contributed by atoms with Gasteiger partial charge in [0.05, 0.1) is 0 Å². The van der Waals surface area contributed by atoms with E-state index in [1.165, 1.54) is 24.1 Å². The molecule has 16 heavy (non-hydrogen) atoms. The van der Waals surface area contributed by atoms with Crippen molar-refractivity contribution in [3.63, 3.8) is 0 Å². The van der Waals surface area contributed by atoms with Crippen LogP contribution >= 0.6 is 11.3 Å². The second-order valence-corrected chi connectivity index (χ2v) is 5.83. The Balaban J connectivity index is 1.76. The molecule has 2 nitrogen and oxygen atoms in total. The van der Waals surface area contributed by atoms with Crippen LogP contribution in [0.3, 0.4) is 0 Å². The smallest absolute Gasteiger partial charge is 0.0302 e. The van der Waals surface area contributed by atoms with Crippen LogP contribution in [0.2, 0.25) is 0 Å². The van der Waals surface area contributed by atoms with Gasteiger partial charge in [-0.25, -0.2) is 0 Å². The van der Waals surface area contributed by atoms with Crippen LogP contribution in [-0.4, -0.2) is 19.1 Å². The Labute approximate surface area is 102 Å². The van der Waals surface area contributed by atoms with E-state index in [9.17, 15) is 0 Å². The highest BCUT2D eigenvalue weighted by atomic mass is 32.1. The Morgan fingerprint density at radius 3 is 3.06 bits per heavy atom. The highest BCUT2D eigenvalue weighted by Crippen LogP contribution is 2.30. The van der Waals surface area contributed by atoms with Crippen LogP contribution in [0.1, 0.15) is 35.6 Å². The lowest BCUT2D eigenvalue weighted by atomic mass is 10.2. The second kappa shape index (κ2) is 5.80. The van der Waals surface area contributed by atoms with Crippen molar-refractivity contribution >= 4 is 11.3 Å². The lowest BCUT2D eigenvalue weighted by Gasteiger charge is -2.13. The Morgan fingerprint density at radius 1 is 1.44 bits per heavy atom. The highest BCUT2D eigenvalue weighted by molar-refractivity contribution is 7.12. The molecule has 1 unspecified atom stereocenters. The first-order valence-electron chi connectivity index (χ1n) is 6.34. The van der Waals surface area contributed by atoms with Gasteiger partial charge in [0.25, 0.3) is 0 Å². The zero-order valence-electron chi connectivity index (χ0n) is 10.3. The van der Waals surface area contributed by atoms with E-state index in [1.807, 2.05) is 11.3 Å². The number of nitrogens with one attached hydrogen (secondary N) is 2. The summed E-state index contributed by atoms with van der Waals surface area (Å²) in [6.45, 7) is 7.53. The van der Waals surface area contributed by atoms with E-state index in [-0.39, 0.29) is 0 Å². The molecule has 0 amide bonds. The molecule has 0 fully saturated rings. The largest absolute Gasteiger partial charge is 0.315 e. The summed E-state index contributed by atoms with van der Waals surface area (Å²) in [5.74, 6) is 0. The number of hydrogen-bond donors (Lipinski definition) is 2. The van der Waals surface area contributed by atoms with Crippen LogP contribution < -0.4 is 10.6 Å². The summed E-state index contributed by atoms with van der Waals surface area (Å²) in [4.78, 5) is 3.14. The van der Waals surface area contributed by atoms with Crippen molar-refractivity contribution in [2.45, 2.75) is 45.7 Å². The second-order valence-electron chi connectivity index (χ2n) is 4.60. The number of rotatable bonds is 6. The summed E-state index contributed by atoms with van der Waals surface area (Å²) in [7, 11) is 0. The SMILES string of the molecule is CCNCC(C)NCc1cc2c(s1)CCC2. The van der Waals surface area contributed by atoms with Crippen LogP contribution in [0.5, 0.6) is 0 Å². The van der Waals surface area contributed by atoms with Gasteiger partial charge in [-0.1, -0.05) is 6.92 Å². The maximum absolute atomic E-state index is 3.57. The molecule has 1 atom stereocenters. The third-order valence-electron chi connectivity index (χ3n) is 3.12. The molecule has 0 spiro atoms. The van der Waals surface area contributed by atoms with Crippen molar-refractivity contribution in [1.29, 1.82) is 0 Å². The van der Waals surface area contributed by atoms with Gasteiger partial charge in [0.1, 0.15) is 0 Å².